The van der Waals surface area contributed by atoms with Crippen molar-refractivity contribution in [3.8, 4) is 0 Å². The van der Waals surface area contributed by atoms with Gasteiger partial charge in [-0.2, -0.15) is 5.10 Å². The van der Waals surface area contributed by atoms with Gasteiger partial charge in [0.25, 0.3) is 5.91 Å². The Bertz CT molecular complexity index is 952. The van der Waals surface area contributed by atoms with E-state index in [1.54, 1.807) is 23.1 Å². The lowest BCUT2D eigenvalue weighted by atomic mass is 10.0. The molecular formula is C18H15BrFN3O4. The first kappa shape index (κ1) is 18.8. The predicted molar refractivity (Wildman–Crippen MR) is 96.6 cm³/mol. The van der Waals surface area contributed by atoms with E-state index in [4.69, 9.17) is 9.52 Å². The summed E-state index contributed by atoms with van der Waals surface area (Å²) in [5.74, 6) is -1.52. The summed E-state index contributed by atoms with van der Waals surface area (Å²) in [5.41, 5.74) is 0.486. The molecule has 0 aliphatic heterocycles. The van der Waals surface area contributed by atoms with Crippen LogP contribution in [-0.4, -0.2) is 26.8 Å². The minimum absolute atomic E-state index is 0.0497. The highest BCUT2D eigenvalue weighted by atomic mass is 79.9. The Hall–Kier alpha value is -2.94. The lowest BCUT2D eigenvalue weighted by molar-refractivity contribution is -0.137. The smallest absolute Gasteiger partial charge is 0.305 e. The van der Waals surface area contributed by atoms with E-state index < -0.39 is 23.7 Å². The van der Waals surface area contributed by atoms with Crippen LogP contribution in [0.5, 0.6) is 0 Å². The number of hydrogen-bond acceptors (Lipinski definition) is 4. The van der Waals surface area contributed by atoms with Crippen molar-refractivity contribution in [1.82, 2.24) is 15.1 Å². The van der Waals surface area contributed by atoms with E-state index in [2.05, 4.69) is 26.3 Å². The van der Waals surface area contributed by atoms with Gasteiger partial charge in [-0.25, -0.2) is 4.39 Å². The maximum Gasteiger partial charge on any atom is 0.305 e. The number of carboxylic acids is 1. The Morgan fingerprint density at radius 2 is 2.00 bits per heavy atom. The maximum atomic E-state index is 13.1. The van der Waals surface area contributed by atoms with Gasteiger partial charge in [-0.05, 0) is 45.8 Å². The number of carbonyl (C=O) groups is 2. The molecule has 0 spiro atoms. The molecule has 3 rings (SSSR count). The molecule has 0 saturated heterocycles. The van der Waals surface area contributed by atoms with Crippen LogP contribution in [0.4, 0.5) is 4.39 Å². The number of hydrogen-bond donors (Lipinski definition) is 2. The van der Waals surface area contributed by atoms with Crippen molar-refractivity contribution in [1.29, 1.82) is 0 Å². The van der Waals surface area contributed by atoms with Gasteiger partial charge in [0.1, 0.15) is 11.6 Å². The van der Waals surface area contributed by atoms with Crippen LogP contribution in [0.3, 0.4) is 0 Å². The van der Waals surface area contributed by atoms with Crippen molar-refractivity contribution in [2.45, 2.75) is 19.0 Å². The summed E-state index contributed by atoms with van der Waals surface area (Å²) in [5, 5.41) is 15.8. The van der Waals surface area contributed by atoms with Crippen molar-refractivity contribution in [3.63, 3.8) is 0 Å². The summed E-state index contributed by atoms with van der Waals surface area (Å²) in [6, 6.07) is 7.64. The van der Waals surface area contributed by atoms with E-state index in [1.807, 2.05) is 0 Å². The molecule has 0 aliphatic rings. The molecule has 140 valence electrons. The fraction of sp³-hybridized carbons (Fsp3) is 0.167. The third kappa shape index (κ3) is 5.04. The lowest BCUT2D eigenvalue weighted by Gasteiger charge is -2.16. The normalized spacial score (nSPS) is 11.9. The van der Waals surface area contributed by atoms with Gasteiger partial charge in [-0.15, -0.1) is 0 Å². The van der Waals surface area contributed by atoms with Crippen molar-refractivity contribution >= 4 is 27.8 Å². The number of aromatic nitrogens is 2. The van der Waals surface area contributed by atoms with E-state index >= 15 is 0 Å². The first-order valence-electron chi connectivity index (χ1n) is 7.95. The summed E-state index contributed by atoms with van der Waals surface area (Å²) in [4.78, 5) is 23.6. The fourth-order valence-corrected chi connectivity index (χ4v) is 2.85. The summed E-state index contributed by atoms with van der Waals surface area (Å²) in [7, 11) is 0. The molecule has 0 fully saturated rings. The zero-order valence-electron chi connectivity index (χ0n) is 13.9. The average molecular weight is 436 g/mol. The van der Waals surface area contributed by atoms with Crippen molar-refractivity contribution in [2.75, 3.05) is 0 Å². The molecule has 2 aromatic heterocycles. The number of halogens is 2. The molecule has 9 heteroatoms. The van der Waals surface area contributed by atoms with Crippen LogP contribution in [0.1, 0.15) is 34.3 Å². The van der Waals surface area contributed by atoms with E-state index in [9.17, 15) is 14.0 Å². The zero-order chi connectivity index (χ0) is 19.4. The minimum atomic E-state index is -1.09. The van der Waals surface area contributed by atoms with Crippen molar-refractivity contribution < 1.29 is 23.5 Å². The molecule has 0 radical (unpaired) electrons. The molecule has 2 heterocycles. The van der Waals surface area contributed by atoms with Gasteiger partial charge in [0.2, 0.25) is 0 Å². The Balaban J connectivity index is 1.71. The summed E-state index contributed by atoms with van der Waals surface area (Å²) < 4.78 is 21.1. The van der Waals surface area contributed by atoms with Gasteiger partial charge in [0.05, 0.1) is 29.7 Å². The zero-order valence-corrected chi connectivity index (χ0v) is 15.5. The van der Waals surface area contributed by atoms with Crippen LogP contribution < -0.4 is 5.32 Å². The van der Waals surface area contributed by atoms with E-state index in [0.29, 0.717) is 17.9 Å². The number of amides is 1. The molecule has 0 bridgehead atoms. The van der Waals surface area contributed by atoms with Gasteiger partial charge in [-0.3, -0.25) is 14.3 Å². The van der Waals surface area contributed by atoms with Gasteiger partial charge < -0.3 is 14.8 Å². The highest BCUT2D eigenvalue weighted by Gasteiger charge is 2.21. The molecule has 0 saturated carbocycles. The number of furan rings is 1. The highest BCUT2D eigenvalue weighted by Crippen LogP contribution is 2.19. The van der Waals surface area contributed by atoms with Crippen LogP contribution in [0.15, 0.2) is 57.7 Å². The van der Waals surface area contributed by atoms with Crippen LogP contribution in [0.2, 0.25) is 0 Å². The largest absolute Gasteiger partial charge is 0.481 e. The molecule has 3 aromatic rings. The molecule has 7 nitrogen and oxygen atoms in total. The molecule has 2 N–H and O–H groups in total. The SMILES string of the molecule is O=C(O)C[C@@H](NC(=O)c1ccc(Cn2cc(Br)cn2)o1)c1ccc(F)cc1. The van der Waals surface area contributed by atoms with E-state index in [0.717, 1.165) is 4.47 Å². The molecular weight excluding hydrogens is 421 g/mol. The quantitative estimate of drug-likeness (QED) is 0.592. The monoisotopic (exact) mass is 435 g/mol. The number of aliphatic carboxylic acids is 1. The van der Waals surface area contributed by atoms with Crippen LogP contribution in [0, 0.1) is 5.82 Å². The third-order valence-electron chi connectivity index (χ3n) is 3.76. The number of rotatable bonds is 7. The second kappa shape index (κ2) is 8.17. The molecule has 1 aromatic carbocycles. The number of carboxylic acid groups (broad SMARTS) is 1. The summed E-state index contributed by atoms with van der Waals surface area (Å²) in [6.07, 6.45) is 3.06. The van der Waals surface area contributed by atoms with Gasteiger partial charge in [-0.1, -0.05) is 12.1 Å². The lowest BCUT2D eigenvalue weighted by Crippen LogP contribution is -2.30. The predicted octanol–water partition coefficient (Wildman–Crippen LogP) is 3.37. The molecule has 1 atom stereocenters. The Morgan fingerprint density at radius 1 is 1.26 bits per heavy atom. The van der Waals surface area contributed by atoms with E-state index in [1.165, 1.54) is 30.3 Å². The second-order valence-corrected chi connectivity index (χ2v) is 6.71. The number of carbonyl (C=O) groups excluding carboxylic acids is 1. The number of nitrogens with zero attached hydrogens (tertiary/aromatic N) is 2. The topological polar surface area (TPSA) is 97.4 Å². The van der Waals surface area contributed by atoms with E-state index in [-0.39, 0.29) is 12.2 Å². The molecule has 0 aliphatic carbocycles. The van der Waals surface area contributed by atoms with Crippen LogP contribution >= 0.6 is 15.9 Å². The van der Waals surface area contributed by atoms with Gasteiger partial charge in [0.15, 0.2) is 5.76 Å². The van der Waals surface area contributed by atoms with Crippen LogP contribution in [0.25, 0.3) is 0 Å². The first-order valence-corrected chi connectivity index (χ1v) is 8.75. The van der Waals surface area contributed by atoms with Gasteiger partial charge >= 0.3 is 5.97 Å². The minimum Gasteiger partial charge on any atom is -0.481 e. The first-order chi connectivity index (χ1) is 12.9. The van der Waals surface area contributed by atoms with Crippen molar-refractivity contribution in [3.05, 3.63) is 76.2 Å². The summed E-state index contributed by atoms with van der Waals surface area (Å²) in [6.45, 7) is 0.343. The van der Waals surface area contributed by atoms with Gasteiger partial charge in [0, 0.05) is 6.20 Å². The third-order valence-corrected chi connectivity index (χ3v) is 4.17. The number of nitrogens with one attached hydrogen (secondary N) is 1. The maximum absolute atomic E-state index is 13.1. The molecule has 0 unspecified atom stereocenters. The van der Waals surface area contributed by atoms with Crippen LogP contribution in [-0.2, 0) is 11.3 Å². The second-order valence-electron chi connectivity index (χ2n) is 5.80. The highest BCUT2D eigenvalue weighted by molar-refractivity contribution is 9.10. The molecule has 1 amide bonds. The Labute approximate surface area is 161 Å². The Morgan fingerprint density at radius 3 is 2.63 bits per heavy atom. The fourth-order valence-electron chi connectivity index (χ4n) is 2.52. The van der Waals surface area contributed by atoms with Crippen molar-refractivity contribution in [2.24, 2.45) is 0 Å². The Kier molecular flexibility index (Phi) is 5.70. The summed E-state index contributed by atoms with van der Waals surface area (Å²) >= 11 is 3.30. The standard InChI is InChI=1S/C18H15BrFN3O4/c19-12-8-21-23(9-12)10-14-5-6-16(27-14)18(26)22-15(7-17(24)25)11-1-3-13(20)4-2-11/h1-6,8-9,15H,7,10H2,(H,22,26)(H,24,25)/t15-/m1/s1. The molecule has 27 heavy (non-hydrogen) atoms. The average Bonchev–Trinajstić information content (AvgIpc) is 3.24. The number of benzene rings is 1.